The zero-order valence-electron chi connectivity index (χ0n) is 17.2. The normalized spacial score (nSPS) is 13.9. The second kappa shape index (κ2) is 8.19. The molecule has 1 unspecified atom stereocenters. The van der Waals surface area contributed by atoms with Gasteiger partial charge in [0.2, 0.25) is 5.95 Å². The third-order valence-corrected chi connectivity index (χ3v) is 5.45. The molecule has 0 aliphatic heterocycles. The quantitative estimate of drug-likeness (QED) is 0.342. The SMILES string of the molecule is CC(CCO)(Nc1nc2c(Cn3ccoc3=N)cccc2[nH]1)c1cccc(C(F)(F)F)c1. The van der Waals surface area contributed by atoms with E-state index < -0.39 is 17.3 Å². The minimum atomic E-state index is -4.47. The Hall–Kier alpha value is -3.53. The highest BCUT2D eigenvalue weighted by Crippen LogP contribution is 2.35. The van der Waals surface area contributed by atoms with E-state index in [9.17, 15) is 18.3 Å². The number of H-pyrrole nitrogens is 1. The van der Waals surface area contributed by atoms with Crippen molar-refractivity contribution >= 4 is 17.0 Å². The maximum Gasteiger partial charge on any atom is 0.416 e. The summed E-state index contributed by atoms with van der Waals surface area (Å²) in [4.78, 5) is 7.76. The van der Waals surface area contributed by atoms with Gasteiger partial charge in [0.1, 0.15) is 6.26 Å². The van der Waals surface area contributed by atoms with Gasteiger partial charge in [-0.2, -0.15) is 13.2 Å². The summed E-state index contributed by atoms with van der Waals surface area (Å²) in [5.74, 6) is 0.365. The van der Waals surface area contributed by atoms with Crippen LogP contribution in [-0.2, 0) is 18.3 Å². The Morgan fingerprint density at radius 1 is 1.19 bits per heavy atom. The van der Waals surface area contributed by atoms with Crippen LogP contribution >= 0.6 is 0 Å². The lowest BCUT2D eigenvalue weighted by atomic mass is 9.88. The Bertz CT molecular complexity index is 1290. The van der Waals surface area contributed by atoms with Gasteiger partial charge in [0.15, 0.2) is 0 Å². The third kappa shape index (κ3) is 4.26. The summed E-state index contributed by atoms with van der Waals surface area (Å²) in [6.45, 7) is 1.87. The number of aromatic amines is 1. The van der Waals surface area contributed by atoms with Crippen molar-refractivity contribution in [3.05, 3.63) is 77.3 Å². The fourth-order valence-electron chi connectivity index (χ4n) is 3.69. The number of anilines is 1. The van der Waals surface area contributed by atoms with Gasteiger partial charge in [0.05, 0.1) is 28.7 Å². The van der Waals surface area contributed by atoms with Gasteiger partial charge >= 0.3 is 6.18 Å². The Balaban J connectivity index is 1.69. The van der Waals surface area contributed by atoms with Crippen LogP contribution in [0.3, 0.4) is 0 Å². The molecule has 0 radical (unpaired) electrons. The number of imidazole rings is 1. The first-order chi connectivity index (χ1) is 15.2. The molecule has 32 heavy (non-hydrogen) atoms. The molecule has 2 aromatic carbocycles. The van der Waals surface area contributed by atoms with Crippen molar-refractivity contribution < 1.29 is 22.7 Å². The molecule has 0 aliphatic carbocycles. The molecule has 0 bridgehead atoms. The molecule has 0 aliphatic rings. The lowest BCUT2D eigenvalue weighted by molar-refractivity contribution is -0.137. The first-order valence-corrected chi connectivity index (χ1v) is 9.92. The monoisotopic (exact) mass is 445 g/mol. The molecule has 0 saturated heterocycles. The number of benzene rings is 2. The van der Waals surface area contributed by atoms with Crippen LogP contribution in [0.25, 0.3) is 11.0 Å². The molecule has 4 aromatic rings. The molecule has 0 amide bonds. The van der Waals surface area contributed by atoms with Crippen LogP contribution in [-0.4, -0.2) is 26.2 Å². The molecule has 4 N–H and O–H groups in total. The van der Waals surface area contributed by atoms with Crippen molar-refractivity contribution in [1.82, 2.24) is 14.5 Å². The fourth-order valence-corrected chi connectivity index (χ4v) is 3.69. The summed E-state index contributed by atoms with van der Waals surface area (Å²) in [5, 5.41) is 20.6. The smallest absolute Gasteiger partial charge is 0.416 e. The summed E-state index contributed by atoms with van der Waals surface area (Å²) in [6.07, 6.45) is -1.22. The predicted octanol–water partition coefficient (Wildman–Crippen LogP) is 4.21. The molecule has 1 atom stereocenters. The Kier molecular flexibility index (Phi) is 5.55. The van der Waals surface area contributed by atoms with Gasteiger partial charge in [-0.15, -0.1) is 0 Å². The van der Waals surface area contributed by atoms with Crippen LogP contribution < -0.4 is 11.0 Å². The lowest BCUT2D eigenvalue weighted by Crippen LogP contribution is -2.34. The molecular weight excluding hydrogens is 423 g/mol. The number of aliphatic hydroxyl groups is 1. The minimum Gasteiger partial charge on any atom is -0.432 e. The van der Waals surface area contributed by atoms with E-state index in [4.69, 9.17) is 9.83 Å². The minimum absolute atomic E-state index is 0.0101. The van der Waals surface area contributed by atoms with Crippen molar-refractivity contribution in [2.75, 3.05) is 11.9 Å². The molecule has 10 heteroatoms. The highest BCUT2D eigenvalue weighted by atomic mass is 19.4. The maximum atomic E-state index is 13.2. The number of para-hydroxylation sites is 1. The summed E-state index contributed by atoms with van der Waals surface area (Å²) in [6, 6.07) is 10.6. The van der Waals surface area contributed by atoms with E-state index in [0.717, 1.165) is 23.2 Å². The average Bonchev–Trinajstić information content (AvgIpc) is 3.33. The van der Waals surface area contributed by atoms with Crippen molar-refractivity contribution in [1.29, 1.82) is 5.41 Å². The van der Waals surface area contributed by atoms with E-state index in [0.29, 0.717) is 23.6 Å². The molecule has 168 valence electrons. The van der Waals surface area contributed by atoms with Crippen LogP contribution in [0, 0.1) is 5.41 Å². The van der Waals surface area contributed by atoms with Gasteiger partial charge in [-0.3, -0.25) is 9.98 Å². The molecule has 7 nitrogen and oxygen atoms in total. The van der Waals surface area contributed by atoms with Crippen molar-refractivity contribution in [3.8, 4) is 0 Å². The second-order valence-corrected chi connectivity index (χ2v) is 7.74. The lowest BCUT2D eigenvalue weighted by Gasteiger charge is -2.31. The standard InChI is InChI=1S/C22H22F3N5O2/c1-21(8-10-31,15-5-3-6-16(12-15)22(23,24)25)29-20-27-17-7-2-4-14(18(17)28-20)13-30-9-11-32-19(30)26/h2-7,9,11-12,26,31H,8,10,13H2,1H3,(H2,27,28,29). The van der Waals surface area contributed by atoms with E-state index in [-0.39, 0.29) is 18.7 Å². The third-order valence-electron chi connectivity index (χ3n) is 5.45. The first kappa shape index (κ1) is 21.7. The first-order valence-electron chi connectivity index (χ1n) is 9.92. The summed E-state index contributed by atoms with van der Waals surface area (Å²) >= 11 is 0. The van der Waals surface area contributed by atoms with Gasteiger partial charge in [0, 0.05) is 12.8 Å². The number of nitrogens with zero attached hydrogens (tertiary/aromatic N) is 2. The number of halogens is 3. The topological polar surface area (TPSA) is 103 Å². The summed E-state index contributed by atoms with van der Waals surface area (Å²) in [5.41, 5.74) is 0.878. The average molecular weight is 445 g/mol. The van der Waals surface area contributed by atoms with Crippen LogP contribution in [0.5, 0.6) is 0 Å². The number of nitrogens with one attached hydrogen (secondary N) is 3. The summed E-state index contributed by atoms with van der Waals surface area (Å²) in [7, 11) is 0. The van der Waals surface area contributed by atoms with Gasteiger partial charge in [-0.05, 0) is 42.7 Å². The van der Waals surface area contributed by atoms with Crippen molar-refractivity contribution in [3.63, 3.8) is 0 Å². The number of hydrogen-bond donors (Lipinski definition) is 4. The predicted molar refractivity (Wildman–Crippen MR) is 112 cm³/mol. The highest BCUT2D eigenvalue weighted by molar-refractivity contribution is 5.81. The molecule has 2 heterocycles. The largest absolute Gasteiger partial charge is 0.432 e. The number of hydrogen-bond acceptors (Lipinski definition) is 5. The molecule has 2 aromatic heterocycles. The number of fused-ring (bicyclic) bond motifs is 1. The number of aromatic nitrogens is 3. The molecular formula is C22H22F3N5O2. The van der Waals surface area contributed by atoms with Gasteiger partial charge in [-0.1, -0.05) is 24.3 Å². The van der Waals surface area contributed by atoms with E-state index >= 15 is 0 Å². The van der Waals surface area contributed by atoms with Gasteiger partial charge in [0.25, 0.3) is 5.68 Å². The molecule has 0 spiro atoms. The molecule has 4 rings (SSSR count). The Morgan fingerprint density at radius 2 is 1.94 bits per heavy atom. The fraction of sp³-hybridized carbons (Fsp3) is 0.273. The Morgan fingerprint density at radius 3 is 2.62 bits per heavy atom. The number of alkyl halides is 3. The van der Waals surface area contributed by atoms with Crippen LogP contribution in [0.4, 0.5) is 19.1 Å². The number of rotatable bonds is 7. The van der Waals surface area contributed by atoms with Crippen molar-refractivity contribution in [2.45, 2.75) is 31.6 Å². The molecule has 0 fully saturated rings. The van der Waals surface area contributed by atoms with E-state index in [2.05, 4.69) is 15.3 Å². The summed E-state index contributed by atoms with van der Waals surface area (Å²) < 4.78 is 46.3. The zero-order chi connectivity index (χ0) is 22.9. The number of aliphatic hydroxyl groups excluding tert-OH is 1. The van der Waals surface area contributed by atoms with Gasteiger partial charge in [-0.25, -0.2) is 4.98 Å². The van der Waals surface area contributed by atoms with Gasteiger partial charge < -0.3 is 19.8 Å². The number of oxazole rings is 1. The van der Waals surface area contributed by atoms with E-state index in [1.807, 2.05) is 18.2 Å². The zero-order valence-corrected chi connectivity index (χ0v) is 17.2. The van der Waals surface area contributed by atoms with E-state index in [1.54, 1.807) is 23.8 Å². The van der Waals surface area contributed by atoms with Crippen LogP contribution in [0.2, 0.25) is 0 Å². The van der Waals surface area contributed by atoms with Crippen LogP contribution in [0.15, 0.2) is 59.3 Å². The highest BCUT2D eigenvalue weighted by Gasteiger charge is 2.34. The van der Waals surface area contributed by atoms with E-state index in [1.165, 1.54) is 12.3 Å². The maximum absolute atomic E-state index is 13.2. The second-order valence-electron chi connectivity index (χ2n) is 7.74. The Labute approximate surface area is 181 Å². The molecule has 0 saturated carbocycles. The van der Waals surface area contributed by atoms with Crippen LogP contribution in [0.1, 0.15) is 30.0 Å². The van der Waals surface area contributed by atoms with Crippen molar-refractivity contribution in [2.24, 2.45) is 0 Å².